The summed E-state index contributed by atoms with van der Waals surface area (Å²) in [6, 6.07) is 5.81. The van der Waals surface area contributed by atoms with Crippen LogP contribution < -0.4 is 5.32 Å². The van der Waals surface area contributed by atoms with Gasteiger partial charge in [0.15, 0.2) is 0 Å². The predicted octanol–water partition coefficient (Wildman–Crippen LogP) is 0.574. The number of hydrogen-bond donors (Lipinski definition) is 1. The van der Waals surface area contributed by atoms with Gasteiger partial charge in [0.2, 0.25) is 0 Å². The van der Waals surface area contributed by atoms with E-state index >= 15 is 0 Å². The molecule has 1 amide bonds. The third kappa shape index (κ3) is 3.99. The van der Waals surface area contributed by atoms with Crippen LogP contribution in [0.5, 0.6) is 0 Å². The van der Waals surface area contributed by atoms with Crippen molar-refractivity contribution in [3.63, 3.8) is 0 Å². The molecule has 1 aromatic heterocycles. The van der Waals surface area contributed by atoms with Gasteiger partial charge < -0.3 is 9.88 Å². The Kier molecular flexibility index (Phi) is 5.71. The van der Waals surface area contributed by atoms with E-state index in [4.69, 9.17) is 4.84 Å². The lowest BCUT2D eigenvalue weighted by atomic mass is 10.2. The van der Waals surface area contributed by atoms with Crippen LogP contribution in [0.1, 0.15) is 16.2 Å². The van der Waals surface area contributed by atoms with Crippen LogP contribution in [-0.2, 0) is 28.3 Å². The van der Waals surface area contributed by atoms with Gasteiger partial charge in [-0.15, -0.1) is 0 Å². The van der Waals surface area contributed by atoms with Crippen molar-refractivity contribution in [3.05, 3.63) is 48.0 Å². The lowest BCUT2D eigenvalue weighted by molar-refractivity contribution is -0.0258. The number of benzene rings is 1. The van der Waals surface area contributed by atoms with Crippen molar-refractivity contribution >= 4 is 15.9 Å². The van der Waals surface area contributed by atoms with Crippen LogP contribution in [0.3, 0.4) is 0 Å². The first kappa shape index (κ1) is 18.1. The van der Waals surface area contributed by atoms with Crippen LogP contribution in [0.2, 0.25) is 0 Å². The number of carbonyl (C=O) groups excluding carboxylic acids is 1. The maximum absolute atomic E-state index is 12.2. The Morgan fingerprint density at radius 1 is 1.42 bits per heavy atom. The van der Waals surface area contributed by atoms with E-state index in [0.29, 0.717) is 13.0 Å². The molecule has 0 atom stereocenters. The van der Waals surface area contributed by atoms with Crippen molar-refractivity contribution < 1.29 is 18.0 Å². The van der Waals surface area contributed by atoms with Gasteiger partial charge in [0.05, 0.1) is 12.0 Å². The van der Waals surface area contributed by atoms with Gasteiger partial charge >= 0.3 is 0 Å². The Hall–Kier alpha value is -2.23. The molecule has 0 aliphatic carbocycles. The Morgan fingerprint density at radius 2 is 2.17 bits per heavy atom. The molecular weight excluding hydrogens is 332 g/mol. The van der Waals surface area contributed by atoms with Crippen LogP contribution in [-0.4, -0.2) is 49.0 Å². The second-order valence-electron chi connectivity index (χ2n) is 5.09. The van der Waals surface area contributed by atoms with Gasteiger partial charge in [0.1, 0.15) is 5.82 Å². The Balaban J connectivity index is 2.05. The summed E-state index contributed by atoms with van der Waals surface area (Å²) in [4.78, 5) is 21.1. The van der Waals surface area contributed by atoms with Gasteiger partial charge in [-0.25, -0.2) is 13.4 Å². The SMILES string of the molecule is CON(C)S(=O)(=O)c1cccc(C(=O)NCCc2nccn2C)c1. The van der Waals surface area contributed by atoms with E-state index in [-0.39, 0.29) is 16.4 Å². The largest absolute Gasteiger partial charge is 0.352 e. The number of sulfonamides is 1. The molecule has 2 aromatic rings. The number of imidazole rings is 1. The van der Waals surface area contributed by atoms with E-state index in [2.05, 4.69) is 10.3 Å². The van der Waals surface area contributed by atoms with E-state index in [0.717, 1.165) is 10.3 Å². The molecule has 0 unspecified atom stereocenters. The van der Waals surface area contributed by atoms with Gasteiger partial charge in [-0.2, -0.15) is 0 Å². The standard InChI is InChI=1S/C15H20N4O4S/c1-18-10-9-16-14(18)7-8-17-15(20)12-5-4-6-13(11-12)24(21,22)19(2)23-3/h4-6,9-11H,7-8H2,1-3H3,(H,17,20). The maximum atomic E-state index is 12.2. The number of aromatic nitrogens is 2. The zero-order valence-electron chi connectivity index (χ0n) is 13.8. The molecule has 2 rings (SSSR count). The molecule has 8 nitrogen and oxygen atoms in total. The zero-order valence-corrected chi connectivity index (χ0v) is 14.6. The first-order valence-electron chi connectivity index (χ1n) is 7.23. The third-order valence-corrected chi connectivity index (χ3v) is 5.22. The maximum Gasteiger partial charge on any atom is 0.264 e. The Labute approximate surface area is 141 Å². The molecule has 1 heterocycles. The minimum atomic E-state index is -3.79. The fourth-order valence-electron chi connectivity index (χ4n) is 2.07. The topological polar surface area (TPSA) is 93.5 Å². The van der Waals surface area contributed by atoms with Crippen LogP contribution in [0, 0.1) is 0 Å². The average molecular weight is 352 g/mol. The summed E-state index contributed by atoms with van der Waals surface area (Å²) in [7, 11) is 0.633. The first-order valence-corrected chi connectivity index (χ1v) is 8.67. The molecule has 24 heavy (non-hydrogen) atoms. The van der Waals surface area contributed by atoms with Gasteiger partial charge in [0.25, 0.3) is 15.9 Å². The highest BCUT2D eigenvalue weighted by Crippen LogP contribution is 2.16. The fourth-order valence-corrected chi connectivity index (χ4v) is 3.09. The second-order valence-corrected chi connectivity index (χ2v) is 7.02. The number of rotatable bonds is 7. The highest BCUT2D eigenvalue weighted by atomic mass is 32.2. The van der Waals surface area contributed by atoms with Gasteiger partial charge in [0, 0.05) is 45.0 Å². The molecule has 130 valence electrons. The summed E-state index contributed by atoms with van der Waals surface area (Å²) in [5, 5.41) is 2.75. The molecule has 0 spiro atoms. The van der Waals surface area contributed by atoms with E-state index in [1.54, 1.807) is 12.3 Å². The molecule has 9 heteroatoms. The minimum Gasteiger partial charge on any atom is -0.352 e. The van der Waals surface area contributed by atoms with Gasteiger partial charge in [-0.3, -0.25) is 9.63 Å². The number of hydroxylamine groups is 1. The lowest BCUT2D eigenvalue weighted by Crippen LogP contribution is -2.28. The highest BCUT2D eigenvalue weighted by Gasteiger charge is 2.21. The molecule has 0 fully saturated rings. The number of aryl methyl sites for hydroxylation is 1. The van der Waals surface area contributed by atoms with E-state index in [1.807, 2.05) is 17.8 Å². The Morgan fingerprint density at radius 3 is 2.79 bits per heavy atom. The molecule has 1 aromatic carbocycles. The molecule has 0 saturated carbocycles. The van der Waals surface area contributed by atoms with Crippen molar-refractivity contribution in [3.8, 4) is 0 Å². The average Bonchev–Trinajstić information content (AvgIpc) is 2.99. The minimum absolute atomic E-state index is 0.0106. The van der Waals surface area contributed by atoms with Crippen molar-refractivity contribution in [2.45, 2.75) is 11.3 Å². The summed E-state index contributed by atoms with van der Waals surface area (Å²) < 4.78 is 27.0. The zero-order chi connectivity index (χ0) is 17.7. The Bertz CT molecular complexity index is 816. The quantitative estimate of drug-likeness (QED) is 0.736. The number of nitrogens with zero attached hydrogens (tertiary/aromatic N) is 3. The predicted molar refractivity (Wildman–Crippen MR) is 87.6 cm³/mol. The highest BCUT2D eigenvalue weighted by molar-refractivity contribution is 7.89. The molecule has 0 aliphatic rings. The van der Waals surface area contributed by atoms with Crippen LogP contribution in [0.4, 0.5) is 0 Å². The molecule has 1 N–H and O–H groups in total. The number of nitrogens with one attached hydrogen (secondary N) is 1. The molecule has 0 saturated heterocycles. The third-order valence-electron chi connectivity index (χ3n) is 3.54. The monoisotopic (exact) mass is 352 g/mol. The number of hydrogen-bond acceptors (Lipinski definition) is 5. The van der Waals surface area contributed by atoms with E-state index < -0.39 is 10.0 Å². The fraction of sp³-hybridized carbons (Fsp3) is 0.333. The first-order chi connectivity index (χ1) is 11.4. The van der Waals surface area contributed by atoms with Crippen LogP contribution >= 0.6 is 0 Å². The van der Waals surface area contributed by atoms with Crippen LogP contribution in [0.15, 0.2) is 41.6 Å². The number of amides is 1. The van der Waals surface area contributed by atoms with E-state index in [1.165, 1.54) is 32.4 Å². The van der Waals surface area contributed by atoms with Crippen LogP contribution in [0.25, 0.3) is 0 Å². The molecule has 0 bridgehead atoms. The summed E-state index contributed by atoms with van der Waals surface area (Å²) in [6.45, 7) is 0.401. The van der Waals surface area contributed by atoms with Crippen molar-refractivity contribution in [2.24, 2.45) is 7.05 Å². The summed E-state index contributed by atoms with van der Waals surface area (Å²) >= 11 is 0. The van der Waals surface area contributed by atoms with Crippen molar-refractivity contribution in [2.75, 3.05) is 20.7 Å². The summed E-state index contributed by atoms with van der Waals surface area (Å²) in [6.07, 6.45) is 4.11. The molecule has 0 radical (unpaired) electrons. The number of carbonyl (C=O) groups is 1. The molecule has 0 aliphatic heterocycles. The summed E-state index contributed by atoms with van der Waals surface area (Å²) in [5.74, 6) is 0.509. The summed E-state index contributed by atoms with van der Waals surface area (Å²) in [5.41, 5.74) is 0.264. The smallest absolute Gasteiger partial charge is 0.264 e. The van der Waals surface area contributed by atoms with E-state index in [9.17, 15) is 13.2 Å². The normalized spacial score (nSPS) is 11.7. The van der Waals surface area contributed by atoms with Gasteiger partial charge in [-0.1, -0.05) is 10.5 Å². The lowest BCUT2D eigenvalue weighted by Gasteiger charge is -2.14. The van der Waals surface area contributed by atoms with Gasteiger partial charge in [-0.05, 0) is 18.2 Å². The van der Waals surface area contributed by atoms with Crippen molar-refractivity contribution in [1.29, 1.82) is 0 Å². The molecular formula is C15H20N4O4S. The second kappa shape index (κ2) is 7.56. The van der Waals surface area contributed by atoms with Crippen molar-refractivity contribution in [1.82, 2.24) is 19.3 Å².